The van der Waals surface area contributed by atoms with E-state index in [1.807, 2.05) is 54.3 Å². The van der Waals surface area contributed by atoms with E-state index >= 15 is 0 Å². The first kappa shape index (κ1) is 87.5. The van der Waals surface area contributed by atoms with Gasteiger partial charge in [-0.05, 0) is 338 Å². The maximum absolute atomic E-state index is 12.4. The van der Waals surface area contributed by atoms with Crippen molar-refractivity contribution in [1.29, 1.82) is 0 Å². The highest BCUT2D eigenvalue weighted by Crippen LogP contribution is 2.39. The van der Waals surface area contributed by atoms with E-state index in [0.717, 1.165) is 138 Å². The van der Waals surface area contributed by atoms with Crippen molar-refractivity contribution in [3.8, 4) is 5.75 Å². The van der Waals surface area contributed by atoms with Gasteiger partial charge < -0.3 is 75.8 Å². The van der Waals surface area contributed by atoms with E-state index in [0.29, 0.717) is 42.8 Å². The highest BCUT2D eigenvalue weighted by molar-refractivity contribution is 7.17. The van der Waals surface area contributed by atoms with Gasteiger partial charge in [-0.1, -0.05) is 139 Å². The smallest absolute Gasteiger partial charge is 0.406 e. The van der Waals surface area contributed by atoms with Crippen LogP contribution in [0.4, 0.5) is 41.6 Å². The summed E-state index contributed by atoms with van der Waals surface area (Å²) >= 11 is 8.25. The van der Waals surface area contributed by atoms with Gasteiger partial charge in [0.1, 0.15) is 5.75 Å². The second kappa shape index (κ2) is 42.4. The molecule has 21 rings (SSSR count). The van der Waals surface area contributed by atoms with Gasteiger partial charge >= 0.3 is 6.36 Å². The molecule has 16 aromatic rings. The molecule has 0 amide bonds. The highest BCUT2D eigenvalue weighted by Gasteiger charge is 2.33. The normalized spacial score (nSPS) is 15.9. The van der Waals surface area contributed by atoms with E-state index < -0.39 is 6.36 Å². The first-order valence-electron chi connectivity index (χ1n) is 45.6. The third-order valence-electron chi connectivity index (χ3n) is 26.2. The molecule has 0 bridgehead atoms. The predicted octanol–water partition coefficient (Wildman–Crippen LogP) is 23.9. The van der Waals surface area contributed by atoms with Gasteiger partial charge in [-0.2, -0.15) is 0 Å². The lowest BCUT2D eigenvalue weighted by Gasteiger charge is -2.41. The first-order valence-corrected chi connectivity index (χ1v) is 46.9. The Morgan fingerprint density at radius 3 is 1.22 bits per heavy atom. The van der Waals surface area contributed by atoms with E-state index in [4.69, 9.17) is 11.6 Å². The summed E-state index contributed by atoms with van der Waals surface area (Å²) in [5.74, 6) is -0.196. The Balaban J connectivity index is 0.000000112. The van der Waals surface area contributed by atoms with E-state index in [9.17, 15) is 13.2 Å². The fourth-order valence-corrected chi connectivity index (χ4v) is 20.3. The Morgan fingerprint density at radius 2 is 0.748 bits per heavy atom. The molecule has 0 spiro atoms. The van der Waals surface area contributed by atoms with Gasteiger partial charge in [-0.3, -0.25) is 0 Å². The second-order valence-corrected chi connectivity index (χ2v) is 35.8. The molecule has 20 heteroatoms. The van der Waals surface area contributed by atoms with Crippen LogP contribution < -0.4 is 55.8 Å². The topological polar surface area (TPSA) is 149 Å². The molecule has 0 aliphatic carbocycles. The third kappa shape index (κ3) is 22.5. The summed E-state index contributed by atoms with van der Waals surface area (Å²) in [5, 5.41) is 29.4. The molecule has 10 heterocycles. The summed E-state index contributed by atoms with van der Waals surface area (Å²) in [5.41, 5.74) is 18.8. The summed E-state index contributed by atoms with van der Waals surface area (Å²) in [7, 11) is 0. The van der Waals surface area contributed by atoms with Crippen molar-refractivity contribution in [2.24, 2.45) is 0 Å². The molecular weight excluding hydrogens is 1620 g/mol. The minimum atomic E-state index is -4.67. The quantitative estimate of drug-likeness (QED) is 0.0339. The van der Waals surface area contributed by atoms with Crippen molar-refractivity contribution in [2.45, 2.75) is 147 Å². The molecule has 127 heavy (non-hydrogen) atoms. The zero-order chi connectivity index (χ0) is 86.7. The number of benzene rings is 11. The number of H-pyrrole nitrogens is 4. The van der Waals surface area contributed by atoms with Crippen LogP contribution in [0.5, 0.6) is 5.75 Å². The number of ether oxygens (including phenoxy) is 1. The van der Waals surface area contributed by atoms with Gasteiger partial charge in [0.15, 0.2) is 0 Å². The number of alkyl halides is 3. The molecule has 15 nitrogen and oxygen atoms in total. The van der Waals surface area contributed by atoms with Crippen LogP contribution in [0.15, 0.2) is 297 Å². The molecule has 11 aromatic carbocycles. The zero-order valence-electron chi connectivity index (χ0n) is 72.8. The van der Waals surface area contributed by atoms with Crippen molar-refractivity contribution in [2.75, 3.05) is 89.9 Å². The van der Waals surface area contributed by atoms with Gasteiger partial charge in [0.25, 0.3) is 0 Å². The Hall–Kier alpha value is -11.5. The molecule has 656 valence electrons. The first-order chi connectivity index (χ1) is 62.3. The van der Waals surface area contributed by atoms with Crippen LogP contribution in [0, 0.1) is 6.92 Å². The Labute approximate surface area is 753 Å². The van der Waals surface area contributed by atoms with Crippen LogP contribution in [0.3, 0.4) is 0 Å². The van der Waals surface area contributed by atoms with E-state index in [2.05, 4.69) is 319 Å². The number of anilines is 5. The Bertz CT molecular complexity index is 5990. The molecule has 5 saturated heterocycles. The minimum Gasteiger partial charge on any atom is -0.406 e. The summed E-state index contributed by atoms with van der Waals surface area (Å²) in [4.78, 5) is 25.8. The van der Waals surface area contributed by atoms with Crippen molar-refractivity contribution in [3.05, 3.63) is 335 Å². The number of rotatable bonds is 21. The molecule has 9 N–H and O–H groups in total. The fraction of sp³-hybridized carbons (Fsp3) is 0.308. The molecule has 1 unspecified atom stereocenters. The van der Waals surface area contributed by atoms with Gasteiger partial charge in [-0.25, -0.2) is 0 Å². The van der Waals surface area contributed by atoms with Gasteiger partial charge in [0, 0.05) is 163 Å². The van der Waals surface area contributed by atoms with Gasteiger partial charge in [0.05, 0.1) is 6.04 Å². The van der Waals surface area contributed by atoms with Gasteiger partial charge in [-0.15, -0.1) is 24.5 Å². The number of piperidine rings is 5. The van der Waals surface area contributed by atoms with Crippen LogP contribution in [0.1, 0.15) is 111 Å². The van der Waals surface area contributed by atoms with Crippen LogP contribution in [-0.2, 0) is 26.2 Å². The standard InChI is InChI=1S/C24H25N3.C21H22F3N3O.C21H25N3.C21H24N2S.C20H22ClN3/c1-2-7-23-18(4-1)5-3-6-20(23)17-27(21-11-13-25-14-12-21)22-8-9-24-19(16-22)10-15-26-24;22-21(23,24)28-19-4-1-15(2-5-19)14-27(17-8-10-25-11-9-17)18-3-6-20-16(13-18)7-12-26-20;1-16-4-2-3-5-18(16)15-24(19-9-11-22-12-10-19)20-6-7-21-17(14-20)8-13-23-21;1-16(17-5-3-2-4-6-17)23(19-9-12-22-13-10-19)20-7-8-21-18(15-20)11-14-24-21;21-19-4-2-1-3-16(19)14-24(17-8-10-22-11-9-17)18-5-6-20-15(13-18)7-12-23-20/h1-10,15-16,21,25-26H,11-14,17H2;1-7,12-13,17,25-26H,8-11,14H2;2-8,13-14,19,22-23H,9-12,15H2,1H3;2-8,11,14-16,19,22H,9-10,12-13H2,1H3;1-7,12-13,17,22-23H,8-11,14H2. The number of thiophene rings is 1. The number of fused-ring (bicyclic) bond motifs is 6. The van der Waals surface area contributed by atoms with Gasteiger partial charge in [0.2, 0.25) is 0 Å². The summed E-state index contributed by atoms with van der Waals surface area (Å²) in [6.07, 6.45) is 14.9. The van der Waals surface area contributed by atoms with Crippen LogP contribution in [0.2, 0.25) is 5.02 Å². The Morgan fingerprint density at radius 1 is 0.362 bits per heavy atom. The average Bonchev–Trinajstić information content (AvgIpc) is 1.80. The predicted molar refractivity (Wildman–Crippen MR) is 526 cm³/mol. The molecule has 5 fully saturated rings. The van der Waals surface area contributed by atoms with Crippen LogP contribution in [-0.4, -0.2) is 122 Å². The van der Waals surface area contributed by atoms with Crippen molar-refractivity contribution < 1.29 is 17.9 Å². The molecule has 5 aliphatic heterocycles. The number of hydrogen-bond acceptors (Lipinski definition) is 12. The highest BCUT2D eigenvalue weighted by atomic mass is 35.5. The molecule has 1 atom stereocenters. The van der Waals surface area contributed by atoms with Crippen LogP contribution in [0.25, 0.3) is 64.5 Å². The maximum atomic E-state index is 12.4. The Kier molecular flexibility index (Phi) is 29.2. The maximum Gasteiger partial charge on any atom is 0.573 e. The third-order valence-corrected chi connectivity index (χ3v) is 27.5. The number of halogens is 4. The van der Waals surface area contributed by atoms with Crippen molar-refractivity contribution in [3.63, 3.8) is 0 Å². The van der Waals surface area contributed by atoms with Crippen LogP contribution >= 0.6 is 22.9 Å². The number of aryl methyl sites for hydroxylation is 1. The number of aromatic amines is 4. The lowest BCUT2D eigenvalue weighted by Crippen LogP contribution is -2.44. The monoisotopic (exact) mass is 1740 g/mol. The van der Waals surface area contributed by atoms with E-state index in [1.54, 1.807) is 12.1 Å². The summed E-state index contributed by atoms with van der Waals surface area (Å²) in [6.45, 7) is 18.7. The number of aromatic nitrogens is 4. The zero-order valence-corrected chi connectivity index (χ0v) is 74.4. The number of nitrogens with one attached hydrogen (secondary N) is 9. The van der Waals surface area contributed by atoms with Crippen molar-refractivity contribution in [1.82, 2.24) is 46.5 Å². The lowest BCUT2D eigenvalue weighted by molar-refractivity contribution is -0.274. The largest absolute Gasteiger partial charge is 0.573 e. The SMILES string of the molecule is CC(c1ccccc1)N(c1ccc2sccc2c1)C1CCNCC1.Cc1ccccc1CN(c1ccc2[nH]ccc2c1)C1CCNCC1.Clc1ccccc1CN(c1ccc2[nH]ccc2c1)C1CCNCC1.FC(F)(F)Oc1ccc(CN(c2ccc3[nH]ccc3c2)C2CCNCC2)cc1.c1ccc2c(CN(c3ccc4[nH]ccc4c3)C3CCNCC3)cccc2c1. The van der Waals surface area contributed by atoms with E-state index in [1.165, 1.54) is 155 Å². The number of nitrogens with zero attached hydrogens (tertiary/aromatic N) is 5. The lowest BCUT2D eigenvalue weighted by atomic mass is 9.98. The fourth-order valence-electron chi connectivity index (χ4n) is 19.3. The van der Waals surface area contributed by atoms with E-state index in [-0.39, 0.29) is 5.75 Å². The molecule has 0 saturated carbocycles. The average molecular weight is 1740 g/mol. The number of hydrogen-bond donors (Lipinski definition) is 9. The summed E-state index contributed by atoms with van der Waals surface area (Å²) in [6, 6.07) is 96.7. The molecule has 0 radical (unpaired) electrons. The molecular formula is C107H118ClF3N14OS. The molecule has 5 aromatic heterocycles. The second-order valence-electron chi connectivity index (χ2n) is 34.4. The summed E-state index contributed by atoms with van der Waals surface area (Å²) < 4.78 is 42.5. The minimum absolute atomic E-state index is 0.196. The van der Waals surface area contributed by atoms with Crippen molar-refractivity contribution >= 4 is 116 Å². The molecule has 5 aliphatic rings.